The van der Waals surface area contributed by atoms with Crippen molar-refractivity contribution in [3.05, 3.63) is 29.7 Å². The van der Waals surface area contributed by atoms with Gasteiger partial charge in [0, 0.05) is 38.3 Å². The van der Waals surface area contributed by atoms with E-state index in [4.69, 9.17) is 4.42 Å². The maximum atomic E-state index is 5.63. The van der Waals surface area contributed by atoms with Crippen molar-refractivity contribution in [3.8, 4) is 0 Å². The highest BCUT2D eigenvalue weighted by molar-refractivity contribution is 5.13. The van der Waals surface area contributed by atoms with Crippen molar-refractivity contribution < 1.29 is 4.42 Å². The van der Waals surface area contributed by atoms with Gasteiger partial charge in [-0.1, -0.05) is 6.92 Å². The average Bonchev–Trinajstić information content (AvgIpc) is 3.22. The van der Waals surface area contributed by atoms with Gasteiger partial charge >= 0.3 is 0 Å². The Hall–Kier alpha value is -1.73. The van der Waals surface area contributed by atoms with Crippen molar-refractivity contribution in [1.82, 2.24) is 29.8 Å². The SMILES string of the molecule is CCN1CCC[C@@H](CN(C)C(C)c2nnc(C)o2)[C@@H]1c1cnn(C)c1. The van der Waals surface area contributed by atoms with Gasteiger partial charge in [-0.15, -0.1) is 10.2 Å². The molecule has 2 aromatic rings. The second-order valence-corrected chi connectivity index (χ2v) is 7.20. The highest BCUT2D eigenvalue weighted by Gasteiger charge is 2.34. The van der Waals surface area contributed by atoms with Crippen LogP contribution >= 0.6 is 0 Å². The predicted molar refractivity (Wildman–Crippen MR) is 96.0 cm³/mol. The van der Waals surface area contributed by atoms with Crippen LogP contribution < -0.4 is 0 Å². The second kappa shape index (κ2) is 7.66. The van der Waals surface area contributed by atoms with Crippen LogP contribution in [0.15, 0.2) is 16.8 Å². The van der Waals surface area contributed by atoms with Crippen LogP contribution in [0.3, 0.4) is 0 Å². The first-order valence-electron chi connectivity index (χ1n) is 9.22. The molecule has 0 aliphatic carbocycles. The summed E-state index contributed by atoms with van der Waals surface area (Å²) in [5, 5.41) is 12.6. The molecule has 7 heteroatoms. The maximum Gasteiger partial charge on any atom is 0.233 e. The molecular formula is C18H30N6O. The zero-order valence-corrected chi connectivity index (χ0v) is 16.0. The summed E-state index contributed by atoms with van der Waals surface area (Å²) in [6.45, 7) is 9.44. The van der Waals surface area contributed by atoms with E-state index in [0.717, 1.165) is 19.6 Å². The van der Waals surface area contributed by atoms with Crippen molar-refractivity contribution in [2.75, 3.05) is 26.7 Å². The molecule has 25 heavy (non-hydrogen) atoms. The molecule has 0 saturated carbocycles. The van der Waals surface area contributed by atoms with Crippen LogP contribution in [0.1, 0.15) is 56.1 Å². The van der Waals surface area contributed by atoms with E-state index in [0.29, 0.717) is 23.7 Å². The fourth-order valence-electron chi connectivity index (χ4n) is 3.97. The highest BCUT2D eigenvalue weighted by atomic mass is 16.4. The second-order valence-electron chi connectivity index (χ2n) is 7.20. The number of rotatable bonds is 6. The van der Waals surface area contributed by atoms with Crippen LogP contribution in [-0.2, 0) is 7.05 Å². The van der Waals surface area contributed by atoms with E-state index in [1.54, 1.807) is 0 Å². The van der Waals surface area contributed by atoms with Crippen LogP contribution in [0.4, 0.5) is 0 Å². The number of hydrogen-bond donors (Lipinski definition) is 0. The highest BCUT2D eigenvalue weighted by Crippen LogP contribution is 2.37. The van der Waals surface area contributed by atoms with E-state index < -0.39 is 0 Å². The lowest BCUT2D eigenvalue weighted by Crippen LogP contribution is -2.43. The van der Waals surface area contributed by atoms with Gasteiger partial charge in [0.05, 0.1) is 12.2 Å². The fraction of sp³-hybridized carbons (Fsp3) is 0.722. The molecule has 3 atom stereocenters. The summed E-state index contributed by atoms with van der Waals surface area (Å²) in [5.41, 5.74) is 1.32. The van der Waals surface area contributed by atoms with Gasteiger partial charge in [0.25, 0.3) is 0 Å². The van der Waals surface area contributed by atoms with Crippen molar-refractivity contribution >= 4 is 0 Å². The number of likely N-dealkylation sites (tertiary alicyclic amines) is 1. The van der Waals surface area contributed by atoms with Gasteiger partial charge in [0.2, 0.25) is 11.8 Å². The smallest absolute Gasteiger partial charge is 0.233 e. The zero-order valence-electron chi connectivity index (χ0n) is 16.0. The molecule has 1 fully saturated rings. The third kappa shape index (κ3) is 3.93. The van der Waals surface area contributed by atoms with E-state index in [1.165, 1.54) is 18.4 Å². The molecule has 0 N–H and O–H groups in total. The van der Waals surface area contributed by atoms with Crippen LogP contribution in [0, 0.1) is 12.8 Å². The van der Waals surface area contributed by atoms with E-state index in [9.17, 15) is 0 Å². The molecule has 3 heterocycles. The van der Waals surface area contributed by atoms with Crippen molar-refractivity contribution in [3.63, 3.8) is 0 Å². The third-order valence-electron chi connectivity index (χ3n) is 5.42. The quantitative estimate of drug-likeness (QED) is 0.801. The Morgan fingerprint density at radius 2 is 2.20 bits per heavy atom. The summed E-state index contributed by atoms with van der Waals surface area (Å²) < 4.78 is 7.53. The Morgan fingerprint density at radius 1 is 1.40 bits per heavy atom. The maximum absolute atomic E-state index is 5.63. The predicted octanol–water partition coefficient (Wildman–Crippen LogP) is 2.58. The van der Waals surface area contributed by atoms with Crippen molar-refractivity contribution in [2.45, 2.75) is 45.7 Å². The summed E-state index contributed by atoms with van der Waals surface area (Å²) >= 11 is 0. The summed E-state index contributed by atoms with van der Waals surface area (Å²) in [6.07, 6.45) is 6.67. The Morgan fingerprint density at radius 3 is 2.80 bits per heavy atom. The van der Waals surface area contributed by atoms with E-state index in [2.05, 4.69) is 52.2 Å². The minimum Gasteiger partial charge on any atom is -0.424 e. The zero-order chi connectivity index (χ0) is 18.0. The number of nitrogens with zero attached hydrogens (tertiary/aromatic N) is 6. The molecule has 1 aliphatic heterocycles. The minimum atomic E-state index is 0.118. The largest absolute Gasteiger partial charge is 0.424 e. The fourth-order valence-corrected chi connectivity index (χ4v) is 3.97. The van der Waals surface area contributed by atoms with Gasteiger partial charge < -0.3 is 4.42 Å². The molecule has 0 spiro atoms. The lowest BCUT2D eigenvalue weighted by atomic mass is 9.85. The average molecular weight is 346 g/mol. The molecule has 0 bridgehead atoms. The molecule has 0 aromatic carbocycles. The lowest BCUT2D eigenvalue weighted by molar-refractivity contribution is 0.0646. The first kappa shape index (κ1) is 18.1. The Labute approximate surface area is 150 Å². The van der Waals surface area contributed by atoms with Crippen LogP contribution in [0.5, 0.6) is 0 Å². The Balaban J connectivity index is 1.76. The monoisotopic (exact) mass is 346 g/mol. The Kier molecular flexibility index (Phi) is 5.54. The Bertz CT molecular complexity index is 681. The first-order chi connectivity index (χ1) is 12.0. The summed E-state index contributed by atoms with van der Waals surface area (Å²) in [6, 6.07) is 0.541. The van der Waals surface area contributed by atoms with E-state index >= 15 is 0 Å². The molecule has 2 aromatic heterocycles. The number of aromatic nitrogens is 4. The topological polar surface area (TPSA) is 63.2 Å². The van der Waals surface area contributed by atoms with Gasteiger partial charge in [-0.25, -0.2) is 0 Å². The van der Waals surface area contributed by atoms with Crippen LogP contribution in [-0.4, -0.2) is 56.5 Å². The summed E-state index contributed by atoms with van der Waals surface area (Å²) in [7, 11) is 4.14. The van der Waals surface area contributed by atoms with Crippen molar-refractivity contribution in [1.29, 1.82) is 0 Å². The number of piperidine rings is 1. The number of hydrogen-bond acceptors (Lipinski definition) is 6. The lowest BCUT2D eigenvalue weighted by Gasteiger charge is -2.42. The minimum absolute atomic E-state index is 0.118. The van der Waals surface area contributed by atoms with E-state index in [-0.39, 0.29) is 6.04 Å². The molecule has 1 aliphatic rings. The summed E-state index contributed by atoms with van der Waals surface area (Å²) in [4.78, 5) is 4.92. The van der Waals surface area contributed by atoms with E-state index in [1.807, 2.05) is 24.9 Å². The summed E-state index contributed by atoms with van der Waals surface area (Å²) in [5.74, 6) is 1.88. The molecule has 1 unspecified atom stereocenters. The van der Waals surface area contributed by atoms with Gasteiger partial charge in [-0.3, -0.25) is 14.5 Å². The molecule has 7 nitrogen and oxygen atoms in total. The van der Waals surface area contributed by atoms with Gasteiger partial charge in [0.15, 0.2) is 0 Å². The molecule has 138 valence electrons. The molecule has 3 rings (SSSR count). The van der Waals surface area contributed by atoms with Crippen LogP contribution in [0.2, 0.25) is 0 Å². The van der Waals surface area contributed by atoms with Crippen LogP contribution in [0.25, 0.3) is 0 Å². The van der Waals surface area contributed by atoms with Gasteiger partial charge in [0.1, 0.15) is 0 Å². The first-order valence-corrected chi connectivity index (χ1v) is 9.22. The van der Waals surface area contributed by atoms with Gasteiger partial charge in [-0.2, -0.15) is 5.10 Å². The standard InChI is InChI=1S/C18H30N6O/c1-6-24-9-7-8-15(17(24)16-10-19-23(5)12-16)11-22(4)13(2)18-21-20-14(3)25-18/h10,12-13,15,17H,6-9,11H2,1-5H3/t13?,15-,17+/m0/s1. The molecule has 1 saturated heterocycles. The molecule has 0 amide bonds. The van der Waals surface area contributed by atoms with Gasteiger partial charge in [-0.05, 0) is 45.8 Å². The van der Waals surface area contributed by atoms with Crippen molar-refractivity contribution in [2.24, 2.45) is 13.0 Å². The third-order valence-corrected chi connectivity index (χ3v) is 5.42. The number of aryl methyl sites for hydroxylation is 2. The normalized spacial score (nSPS) is 23.3. The molecular weight excluding hydrogens is 316 g/mol. The molecule has 0 radical (unpaired) electrons.